The van der Waals surface area contributed by atoms with Gasteiger partial charge in [0.1, 0.15) is 11.2 Å². The summed E-state index contributed by atoms with van der Waals surface area (Å²) in [6.45, 7) is 1.51. The highest BCUT2D eigenvalue weighted by molar-refractivity contribution is 6.31. The molecular formula is C29H26ClN5O5. The highest BCUT2D eigenvalue weighted by atomic mass is 35.5. The first-order valence-corrected chi connectivity index (χ1v) is 13.4. The van der Waals surface area contributed by atoms with E-state index in [9.17, 15) is 19.8 Å². The molecule has 2 aliphatic heterocycles. The van der Waals surface area contributed by atoms with Crippen LogP contribution in [0.2, 0.25) is 5.02 Å². The average molecular weight is 560 g/mol. The molecule has 0 saturated carbocycles. The predicted octanol–water partition coefficient (Wildman–Crippen LogP) is 3.16. The van der Waals surface area contributed by atoms with Gasteiger partial charge in [0.25, 0.3) is 0 Å². The number of carbonyl (C=O) groups is 1. The lowest BCUT2D eigenvalue weighted by atomic mass is 9.97. The van der Waals surface area contributed by atoms with Crippen LogP contribution in [0.5, 0.6) is 0 Å². The number of halogens is 1. The normalized spacial score (nSPS) is 21.0. The van der Waals surface area contributed by atoms with Gasteiger partial charge < -0.3 is 29.7 Å². The predicted molar refractivity (Wildman–Crippen MR) is 151 cm³/mol. The van der Waals surface area contributed by atoms with E-state index in [1.165, 1.54) is 6.20 Å². The molecule has 3 aliphatic rings. The van der Waals surface area contributed by atoms with Gasteiger partial charge in [0.05, 0.1) is 35.6 Å². The Balaban J connectivity index is 1.48. The lowest BCUT2D eigenvalue weighted by Crippen LogP contribution is -2.27. The fourth-order valence-electron chi connectivity index (χ4n) is 6.47. The largest absolute Gasteiger partial charge is 0.477 e. The quantitative estimate of drug-likeness (QED) is 0.304. The van der Waals surface area contributed by atoms with E-state index in [1.807, 2.05) is 19.2 Å². The summed E-state index contributed by atoms with van der Waals surface area (Å²) in [4.78, 5) is 36.5. The van der Waals surface area contributed by atoms with Gasteiger partial charge in [0.15, 0.2) is 0 Å². The summed E-state index contributed by atoms with van der Waals surface area (Å²) in [7, 11) is 3.53. The maximum Gasteiger partial charge on any atom is 0.341 e. The molecule has 204 valence electrons. The van der Waals surface area contributed by atoms with E-state index in [2.05, 4.69) is 15.2 Å². The summed E-state index contributed by atoms with van der Waals surface area (Å²) in [5.41, 5.74) is 6.65. The Labute approximate surface area is 233 Å². The molecule has 1 aromatic carbocycles. The van der Waals surface area contributed by atoms with Crippen LogP contribution in [0.3, 0.4) is 0 Å². The van der Waals surface area contributed by atoms with Crippen molar-refractivity contribution in [2.45, 2.75) is 18.6 Å². The summed E-state index contributed by atoms with van der Waals surface area (Å²) in [6, 6.07) is 5.55. The first-order valence-electron chi connectivity index (χ1n) is 13.0. The molecular weight excluding hydrogens is 534 g/mol. The molecule has 11 heteroatoms. The molecule has 0 bridgehead atoms. The molecule has 4 aromatic rings. The van der Waals surface area contributed by atoms with E-state index in [4.69, 9.17) is 21.3 Å². The van der Waals surface area contributed by atoms with Crippen molar-refractivity contribution in [1.82, 2.24) is 14.5 Å². The zero-order valence-corrected chi connectivity index (χ0v) is 22.6. The van der Waals surface area contributed by atoms with Gasteiger partial charge in [-0.2, -0.15) is 0 Å². The Hall–Kier alpha value is -3.99. The highest BCUT2D eigenvalue weighted by Crippen LogP contribution is 2.50. The second-order valence-corrected chi connectivity index (χ2v) is 11.1. The smallest absolute Gasteiger partial charge is 0.341 e. The third-order valence-corrected chi connectivity index (χ3v) is 8.60. The van der Waals surface area contributed by atoms with E-state index >= 15 is 0 Å². The minimum Gasteiger partial charge on any atom is -0.477 e. The number of carboxylic acid groups (broad SMARTS) is 1. The number of aliphatic hydroxyl groups is 1. The number of aromatic carboxylic acids is 1. The highest BCUT2D eigenvalue weighted by Gasteiger charge is 2.45. The van der Waals surface area contributed by atoms with E-state index in [-0.39, 0.29) is 23.0 Å². The number of carboxylic acids is 1. The van der Waals surface area contributed by atoms with Crippen LogP contribution < -0.4 is 15.6 Å². The SMILES string of the molecule is CNc1cc(Cl)cc2c1Cc1ncc(-c3cnc4c(c3)c(=O)c(C(=O)O)cn4C)c(N3CC4C(O)CO[C@@H]4C3)c1-2. The van der Waals surface area contributed by atoms with Crippen LogP contribution in [0.1, 0.15) is 21.6 Å². The van der Waals surface area contributed by atoms with E-state index in [1.54, 1.807) is 30.1 Å². The summed E-state index contributed by atoms with van der Waals surface area (Å²) in [5.74, 6) is -1.31. The first kappa shape index (κ1) is 25.0. The van der Waals surface area contributed by atoms with Crippen molar-refractivity contribution >= 4 is 40.0 Å². The van der Waals surface area contributed by atoms with Crippen molar-refractivity contribution < 1.29 is 19.7 Å². The molecule has 2 unspecified atom stereocenters. The van der Waals surface area contributed by atoms with Crippen molar-refractivity contribution in [1.29, 1.82) is 0 Å². The summed E-state index contributed by atoms with van der Waals surface area (Å²) < 4.78 is 7.45. The topological polar surface area (TPSA) is 130 Å². The number of fused-ring (bicyclic) bond motifs is 5. The van der Waals surface area contributed by atoms with Gasteiger partial charge in [-0.05, 0) is 29.3 Å². The number of aliphatic hydroxyl groups excluding tert-OH is 1. The van der Waals surface area contributed by atoms with E-state index in [0.29, 0.717) is 42.4 Å². The number of aryl methyl sites for hydroxylation is 1. The van der Waals surface area contributed by atoms with Gasteiger partial charge in [-0.15, -0.1) is 0 Å². The molecule has 40 heavy (non-hydrogen) atoms. The lowest BCUT2D eigenvalue weighted by Gasteiger charge is -2.26. The molecule has 2 saturated heterocycles. The molecule has 0 amide bonds. The average Bonchev–Trinajstić information content (AvgIpc) is 3.63. The van der Waals surface area contributed by atoms with Crippen molar-refractivity contribution in [2.24, 2.45) is 13.0 Å². The maximum absolute atomic E-state index is 13.1. The molecule has 5 heterocycles. The zero-order chi connectivity index (χ0) is 27.9. The minimum absolute atomic E-state index is 0.0232. The number of anilines is 2. The van der Waals surface area contributed by atoms with Gasteiger partial charge in [-0.3, -0.25) is 9.78 Å². The van der Waals surface area contributed by atoms with Crippen molar-refractivity contribution in [3.8, 4) is 22.3 Å². The van der Waals surface area contributed by atoms with Gasteiger partial charge >= 0.3 is 5.97 Å². The standard InChI is InChI=1S/C29H26ClN5O5/c1-31-21-5-14(30)4-16-15(21)6-22-25(16)26(35-10-19-23(36)12-40-24(19)11-35)18(8-32-22)13-3-17-27(37)20(29(38)39)9-34(2)28(17)33-7-13/h3-5,7-9,19,23-24,31,36H,6,10-12H2,1-2H3,(H,38,39)/t19?,23?,24-/m1/s1. The molecule has 3 N–H and O–H groups in total. The van der Waals surface area contributed by atoms with Crippen LogP contribution >= 0.6 is 11.6 Å². The van der Waals surface area contributed by atoms with Crippen molar-refractivity contribution in [3.63, 3.8) is 0 Å². The summed E-state index contributed by atoms with van der Waals surface area (Å²) in [5, 5.41) is 24.2. The Kier molecular flexibility index (Phi) is 5.64. The van der Waals surface area contributed by atoms with E-state index in [0.717, 1.165) is 39.3 Å². The second kappa shape index (κ2) is 9.02. The van der Waals surface area contributed by atoms with Gasteiger partial charge in [0, 0.05) is 85.5 Å². The van der Waals surface area contributed by atoms with Crippen molar-refractivity contribution in [2.75, 3.05) is 37.0 Å². The fourth-order valence-corrected chi connectivity index (χ4v) is 6.69. The Morgan fingerprint density at radius 1 is 1.18 bits per heavy atom. The molecule has 3 aromatic heterocycles. The molecule has 7 rings (SSSR count). The van der Waals surface area contributed by atoms with Crippen LogP contribution in [0.25, 0.3) is 33.3 Å². The third kappa shape index (κ3) is 3.63. The second-order valence-electron chi connectivity index (χ2n) is 10.6. The number of hydrogen-bond acceptors (Lipinski definition) is 8. The molecule has 2 fully saturated rings. The zero-order valence-electron chi connectivity index (χ0n) is 21.8. The molecule has 0 radical (unpaired) electrons. The third-order valence-electron chi connectivity index (χ3n) is 8.38. The van der Waals surface area contributed by atoms with Crippen LogP contribution in [-0.4, -0.2) is 69.7 Å². The lowest BCUT2D eigenvalue weighted by molar-refractivity contribution is 0.0695. The molecule has 1 aliphatic carbocycles. The van der Waals surface area contributed by atoms with Gasteiger partial charge in [-0.25, -0.2) is 9.78 Å². The number of aromatic nitrogens is 3. The Morgan fingerprint density at radius 2 is 2.00 bits per heavy atom. The number of rotatable bonds is 4. The number of pyridine rings is 3. The number of nitrogens with zero attached hydrogens (tertiary/aromatic N) is 4. The number of ether oxygens (including phenoxy) is 1. The number of nitrogens with one attached hydrogen (secondary N) is 1. The summed E-state index contributed by atoms with van der Waals surface area (Å²) >= 11 is 6.56. The number of benzene rings is 1. The van der Waals surface area contributed by atoms with Gasteiger partial charge in [-0.1, -0.05) is 11.6 Å². The van der Waals surface area contributed by atoms with Crippen LogP contribution in [-0.2, 0) is 18.2 Å². The summed E-state index contributed by atoms with van der Waals surface area (Å²) in [6.07, 6.45) is 4.76. The van der Waals surface area contributed by atoms with Crippen LogP contribution in [0.4, 0.5) is 11.4 Å². The monoisotopic (exact) mass is 559 g/mol. The Morgan fingerprint density at radius 3 is 2.75 bits per heavy atom. The number of hydrogen-bond donors (Lipinski definition) is 3. The molecule has 0 spiro atoms. The maximum atomic E-state index is 13.1. The first-order chi connectivity index (χ1) is 19.2. The Bertz CT molecular complexity index is 1800. The van der Waals surface area contributed by atoms with Crippen molar-refractivity contribution in [3.05, 3.63) is 68.9 Å². The van der Waals surface area contributed by atoms with E-state index < -0.39 is 17.5 Å². The molecule has 3 atom stereocenters. The van der Waals surface area contributed by atoms with Crippen LogP contribution in [0, 0.1) is 5.92 Å². The van der Waals surface area contributed by atoms with Gasteiger partial charge in [0.2, 0.25) is 5.43 Å². The molecule has 10 nitrogen and oxygen atoms in total. The minimum atomic E-state index is -1.29. The fraction of sp³-hybridized carbons (Fsp3) is 0.310. The van der Waals surface area contributed by atoms with Crippen LogP contribution in [0.15, 0.2) is 41.6 Å².